The van der Waals surface area contributed by atoms with E-state index in [1.165, 1.54) is 34.0 Å². The number of nitrogens with one attached hydrogen (secondary N) is 2. The van der Waals surface area contributed by atoms with Crippen LogP contribution in [0.15, 0.2) is 47.3 Å². The molecule has 0 radical (unpaired) electrons. The molecule has 0 saturated heterocycles. The van der Waals surface area contributed by atoms with E-state index in [2.05, 4.69) is 43.7 Å². The lowest BCUT2D eigenvalue weighted by Crippen LogP contribution is -2.33. The van der Waals surface area contributed by atoms with Gasteiger partial charge in [-0.25, -0.2) is 8.91 Å². The van der Waals surface area contributed by atoms with Crippen LogP contribution in [0.3, 0.4) is 0 Å². The summed E-state index contributed by atoms with van der Waals surface area (Å²) in [5.74, 6) is -0.932. The second kappa shape index (κ2) is 7.82. The maximum Gasteiger partial charge on any atom is 0.277 e. The number of aromatic nitrogens is 4. The standard InChI is InChI=1S/C22H21FN6O2/c23-15-8-9-18-16(13-15)25-22(31)20-19(26-27-29(18)20)21(30)24-10-4-12-28-11-3-6-14-5-1-2-7-17(14)28/h1-2,5,7-9,13H,3-4,6,10-12H2,(H,24,30)(H,25,31). The van der Waals surface area contributed by atoms with Gasteiger partial charge in [-0.3, -0.25) is 9.59 Å². The maximum atomic E-state index is 13.5. The van der Waals surface area contributed by atoms with Gasteiger partial charge in [-0.2, -0.15) is 0 Å². The minimum atomic E-state index is -0.543. The molecule has 0 fully saturated rings. The number of halogens is 1. The Hall–Kier alpha value is -3.75. The van der Waals surface area contributed by atoms with Crippen molar-refractivity contribution < 1.29 is 9.18 Å². The van der Waals surface area contributed by atoms with Crippen molar-refractivity contribution in [3.05, 3.63) is 69.9 Å². The van der Waals surface area contributed by atoms with Crippen LogP contribution in [0.25, 0.3) is 16.6 Å². The number of nitrogens with zero attached hydrogens (tertiary/aromatic N) is 4. The van der Waals surface area contributed by atoms with Crippen LogP contribution < -0.4 is 15.8 Å². The summed E-state index contributed by atoms with van der Waals surface area (Å²) in [6, 6.07) is 12.4. The average Bonchev–Trinajstić information content (AvgIpc) is 3.23. The first-order valence-corrected chi connectivity index (χ1v) is 10.3. The molecule has 1 amide bonds. The van der Waals surface area contributed by atoms with Gasteiger partial charge in [0.1, 0.15) is 5.82 Å². The highest BCUT2D eigenvalue weighted by Gasteiger charge is 2.20. The van der Waals surface area contributed by atoms with Crippen LogP contribution in [-0.2, 0) is 6.42 Å². The molecule has 2 aromatic heterocycles. The van der Waals surface area contributed by atoms with Crippen molar-refractivity contribution in [2.24, 2.45) is 0 Å². The number of aromatic amines is 1. The summed E-state index contributed by atoms with van der Waals surface area (Å²) >= 11 is 0. The van der Waals surface area contributed by atoms with Gasteiger partial charge in [0.15, 0.2) is 11.2 Å². The number of amides is 1. The summed E-state index contributed by atoms with van der Waals surface area (Å²) in [6.07, 6.45) is 2.98. The lowest BCUT2D eigenvalue weighted by Gasteiger charge is -2.31. The normalized spacial score (nSPS) is 13.5. The Morgan fingerprint density at radius 1 is 1.23 bits per heavy atom. The first kappa shape index (κ1) is 19.2. The average molecular weight is 420 g/mol. The molecule has 0 aliphatic carbocycles. The molecular formula is C22H21FN6O2. The second-order valence-corrected chi connectivity index (χ2v) is 7.64. The van der Waals surface area contributed by atoms with E-state index >= 15 is 0 Å². The number of rotatable bonds is 5. The summed E-state index contributed by atoms with van der Waals surface area (Å²) in [5, 5.41) is 10.7. The van der Waals surface area contributed by atoms with Crippen LogP contribution >= 0.6 is 0 Å². The van der Waals surface area contributed by atoms with Crippen LogP contribution in [0, 0.1) is 5.82 Å². The van der Waals surface area contributed by atoms with Crippen LogP contribution in [0.4, 0.5) is 10.1 Å². The second-order valence-electron chi connectivity index (χ2n) is 7.64. The van der Waals surface area contributed by atoms with Gasteiger partial charge in [-0.15, -0.1) is 5.10 Å². The molecule has 5 rings (SSSR count). The van der Waals surface area contributed by atoms with Crippen molar-refractivity contribution in [1.82, 2.24) is 25.1 Å². The third kappa shape index (κ3) is 3.52. The van der Waals surface area contributed by atoms with Crippen LogP contribution in [0.1, 0.15) is 28.9 Å². The first-order valence-electron chi connectivity index (χ1n) is 10.3. The van der Waals surface area contributed by atoms with E-state index < -0.39 is 17.3 Å². The van der Waals surface area contributed by atoms with Crippen molar-refractivity contribution in [2.45, 2.75) is 19.3 Å². The molecule has 2 N–H and O–H groups in total. The van der Waals surface area contributed by atoms with Gasteiger partial charge in [-0.05, 0) is 49.1 Å². The Bertz CT molecular complexity index is 1350. The monoisotopic (exact) mass is 420 g/mol. The van der Waals surface area contributed by atoms with E-state index in [0.29, 0.717) is 12.1 Å². The van der Waals surface area contributed by atoms with E-state index in [1.54, 1.807) is 0 Å². The fourth-order valence-corrected chi connectivity index (χ4v) is 4.18. The zero-order valence-corrected chi connectivity index (χ0v) is 16.8. The van der Waals surface area contributed by atoms with Crippen molar-refractivity contribution in [3.8, 4) is 0 Å². The van der Waals surface area contributed by atoms with Crippen molar-refractivity contribution in [2.75, 3.05) is 24.5 Å². The predicted molar refractivity (Wildman–Crippen MR) is 115 cm³/mol. The quantitative estimate of drug-likeness (QED) is 0.483. The molecule has 8 nitrogen and oxygen atoms in total. The van der Waals surface area contributed by atoms with Crippen LogP contribution in [0.2, 0.25) is 0 Å². The van der Waals surface area contributed by atoms with Gasteiger partial charge in [0.05, 0.1) is 11.0 Å². The minimum absolute atomic E-state index is 0.0431. The van der Waals surface area contributed by atoms with E-state index in [9.17, 15) is 14.0 Å². The molecule has 0 spiro atoms. The Morgan fingerprint density at radius 2 is 2.10 bits per heavy atom. The predicted octanol–water partition coefficient (Wildman–Crippen LogP) is 2.28. The van der Waals surface area contributed by atoms with E-state index in [0.717, 1.165) is 32.4 Å². The van der Waals surface area contributed by atoms with Crippen LogP contribution in [0.5, 0.6) is 0 Å². The van der Waals surface area contributed by atoms with Gasteiger partial charge < -0.3 is 15.2 Å². The van der Waals surface area contributed by atoms with Gasteiger partial charge in [-0.1, -0.05) is 23.4 Å². The van der Waals surface area contributed by atoms with Crippen molar-refractivity contribution >= 4 is 28.1 Å². The third-order valence-corrected chi connectivity index (χ3v) is 5.63. The smallest absolute Gasteiger partial charge is 0.277 e. The Labute approximate surface area is 176 Å². The topological polar surface area (TPSA) is 95.4 Å². The number of aryl methyl sites for hydroxylation is 1. The zero-order valence-electron chi connectivity index (χ0n) is 16.8. The van der Waals surface area contributed by atoms with Gasteiger partial charge in [0, 0.05) is 25.3 Å². The molecule has 2 aromatic carbocycles. The van der Waals surface area contributed by atoms with Crippen molar-refractivity contribution in [1.29, 1.82) is 0 Å². The highest BCUT2D eigenvalue weighted by Crippen LogP contribution is 2.26. The Morgan fingerprint density at radius 3 is 3.00 bits per heavy atom. The molecule has 9 heteroatoms. The molecule has 3 heterocycles. The van der Waals surface area contributed by atoms with E-state index in [4.69, 9.17) is 0 Å². The summed E-state index contributed by atoms with van der Waals surface area (Å²) < 4.78 is 14.7. The summed E-state index contributed by atoms with van der Waals surface area (Å²) in [5.41, 5.74) is 2.83. The van der Waals surface area contributed by atoms with Gasteiger partial charge in [0.25, 0.3) is 11.5 Å². The Kier molecular flexibility index (Phi) is 4.85. The van der Waals surface area contributed by atoms with Crippen molar-refractivity contribution in [3.63, 3.8) is 0 Å². The number of anilines is 1. The molecule has 0 unspecified atom stereocenters. The maximum absolute atomic E-state index is 13.5. The zero-order chi connectivity index (χ0) is 21.4. The number of carbonyl (C=O) groups excluding carboxylic acids is 1. The van der Waals surface area contributed by atoms with Gasteiger partial charge in [0.2, 0.25) is 0 Å². The first-order chi connectivity index (χ1) is 15.1. The highest BCUT2D eigenvalue weighted by molar-refractivity contribution is 5.99. The molecule has 0 bridgehead atoms. The molecule has 158 valence electrons. The van der Waals surface area contributed by atoms with Gasteiger partial charge >= 0.3 is 0 Å². The largest absolute Gasteiger partial charge is 0.371 e. The molecular weight excluding hydrogens is 399 g/mol. The number of benzene rings is 2. The minimum Gasteiger partial charge on any atom is -0.371 e. The summed E-state index contributed by atoms with van der Waals surface area (Å²) in [6.45, 7) is 2.28. The lowest BCUT2D eigenvalue weighted by atomic mass is 10.0. The molecule has 31 heavy (non-hydrogen) atoms. The molecule has 0 atom stereocenters. The molecule has 0 saturated carbocycles. The lowest BCUT2D eigenvalue weighted by molar-refractivity contribution is 0.0950. The summed E-state index contributed by atoms with van der Waals surface area (Å²) in [7, 11) is 0. The molecule has 4 aromatic rings. The summed E-state index contributed by atoms with van der Waals surface area (Å²) in [4.78, 5) is 30.1. The SMILES string of the molecule is O=C(NCCCN1CCCc2ccccc21)c1nnn2c1c(=O)[nH]c1cc(F)ccc12. The number of fused-ring (bicyclic) bond motifs is 4. The van der Waals surface area contributed by atoms with Crippen LogP contribution in [-0.4, -0.2) is 45.4 Å². The third-order valence-electron chi connectivity index (χ3n) is 5.63. The molecule has 1 aliphatic rings. The number of hydrogen-bond donors (Lipinski definition) is 2. The molecule has 1 aliphatic heterocycles. The van der Waals surface area contributed by atoms with E-state index in [1.807, 2.05) is 6.07 Å². The van der Waals surface area contributed by atoms with E-state index in [-0.39, 0.29) is 16.7 Å². The fraction of sp³-hybridized carbons (Fsp3) is 0.273. The number of para-hydroxylation sites is 1. The highest BCUT2D eigenvalue weighted by atomic mass is 19.1. The number of carbonyl (C=O) groups is 1. The Balaban J connectivity index is 1.28. The fourth-order valence-electron chi connectivity index (χ4n) is 4.18. The number of H-pyrrole nitrogens is 1. The number of hydrogen-bond acceptors (Lipinski definition) is 5.